The minimum absolute atomic E-state index is 0.384. The summed E-state index contributed by atoms with van der Waals surface area (Å²) in [7, 11) is -1.79. The average molecular weight is 292 g/mol. The Morgan fingerprint density at radius 3 is 2.30 bits per heavy atom. The number of ether oxygens (including phenoxy) is 1. The second-order valence-electron chi connectivity index (χ2n) is 4.76. The van der Waals surface area contributed by atoms with Crippen LogP contribution in [0.3, 0.4) is 0 Å². The molecule has 106 valence electrons. The first-order valence-electron chi connectivity index (χ1n) is 6.14. The summed E-state index contributed by atoms with van der Waals surface area (Å²) in [5, 5.41) is 0.781. The lowest BCUT2D eigenvalue weighted by molar-refractivity contribution is 0.0992. The quantitative estimate of drug-likeness (QED) is 0.812. The molecular weight excluding hydrogens is 276 g/mol. The van der Waals surface area contributed by atoms with Gasteiger partial charge in [0.25, 0.3) is 0 Å². The normalized spacial score (nSPS) is 13.2. The van der Waals surface area contributed by atoms with E-state index < -0.39 is 15.1 Å². The Labute approximate surface area is 118 Å². The number of sulfone groups is 1. The molecular formula is C15H16O4S. The van der Waals surface area contributed by atoms with Crippen LogP contribution in [0.1, 0.15) is 17.3 Å². The maximum Gasteiger partial charge on any atom is 0.180 e. The van der Waals surface area contributed by atoms with Crippen LogP contribution in [0.25, 0.3) is 10.8 Å². The predicted octanol–water partition coefficient (Wildman–Crippen LogP) is 2.46. The van der Waals surface area contributed by atoms with Gasteiger partial charge in [-0.05, 0) is 35.9 Å². The lowest BCUT2D eigenvalue weighted by Gasteiger charge is -2.09. The lowest BCUT2D eigenvalue weighted by Crippen LogP contribution is -2.26. The molecule has 0 aliphatic carbocycles. The van der Waals surface area contributed by atoms with Crippen molar-refractivity contribution in [2.75, 3.05) is 13.4 Å². The van der Waals surface area contributed by atoms with Gasteiger partial charge in [0.2, 0.25) is 0 Å². The molecule has 1 unspecified atom stereocenters. The third-order valence-corrected chi connectivity index (χ3v) is 4.84. The van der Waals surface area contributed by atoms with Gasteiger partial charge in [0.05, 0.1) is 7.11 Å². The number of methoxy groups -OCH3 is 1. The summed E-state index contributed by atoms with van der Waals surface area (Å²) in [6, 6.07) is 10.7. The van der Waals surface area contributed by atoms with E-state index in [2.05, 4.69) is 0 Å². The van der Waals surface area contributed by atoms with Gasteiger partial charge in [0, 0.05) is 11.8 Å². The highest BCUT2D eigenvalue weighted by Crippen LogP contribution is 2.23. The van der Waals surface area contributed by atoms with Crippen LogP contribution in [0.5, 0.6) is 5.75 Å². The van der Waals surface area contributed by atoms with Crippen LogP contribution in [0, 0.1) is 0 Å². The van der Waals surface area contributed by atoms with Gasteiger partial charge in [-0.3, -0.25) is 4.79 Å². The molecule has 0 radical (unpaired) electrons. The number of Topliss-reactive ketones (excluding diaryl/α,β-unsaturated/α-hetero) is 1. The van der Waals surface area contributed by atoms with E-state index >= 15 is 0 Å². The fourth-order valence-electron chi connectivity index (χ4n) is 1.93. The molecule has 0 fully saturated rings. The van der Waals surface area contributed by atoms with Crippen molar-refractivity contribution < 1.29 is 17.9 Å². The molecule has 0 bridgehead atoms. The standard InChI is InChI=1S/C15H16O4S/c1-10(20(3,17)18)15(16)13-5-4-12-9-14(19-2)7-6-11(12)8-13/h4-10H,1-3H3. The average Bonchev–Trinajstić information content (AvgIpc) is 2.43. The van der Waals surface area contributed by atoms with E-state index in [1.54, 1.807) is 31.4 Å². The van der Waals surface area contributed by atoms with Crippen molar-refractivity contribution in [3.8, 4) is 5.75 Å². The van der Waals surface area contributed by atoms with Crippen molar-refractivity contribution in [2.24, 2.45) is 0 Å². The number of fused-ring (bicyclic) bond motifs is 1. The molecule has 0 aliphatic heterocycles. The summed E-state index contributed by atoms with van der Waals surface area (Å²) in [5.74, 6) is 0.353. The van der Waals surface area contributed by atoms with Crippen LogP contribution in [0.2, 0.25) is 0 Å². The maximum atomic E-state index is 12.2. The molecule has 2 aromatic rings. The number of hydrogen-bond donors (Lipinski definition) is 0. The van der Waals surface area contributed by atoms with Crippen molar-refractivity contribution in [1.82, 2.24) is 0 Å². The molecule has 0 saturated heterocycles. The molecule has 0 amide bonds. The first kappa shape index (κ1) is 14.5. The zero-order valence-corrected chi connectivity index (χ0v) is 12.4. The highest BCUT2D eigenvalue weighted by Gasteiger charge is 2.24. The topological polar surface area (TPSA) is 60.4 Å². The van der Waals surface area contributed by atoms with Crippen LogP contribution in [0.15, 0.2) is 36.4 Å². The van der Waals surface area contributed by atoms with Crippen LogP contribution >= 0.6 is 0 Å². The Hall–Kier alpha value is -1.88. The molecule has 0 heterocycles. The van der Waals surface area contributed by atoms with Crippen molar-refractivity contribution in [2.45, 2.75) is 12.2 Å². The first-order valence-corrected chi connectivity index (χ1v) is 8.09. The van der Waals surface area contributed by atoms with Gasteiger partial charge in [-0.2, -0.15) is 0 Å². The fourth-order valence-corrected chi connectivity index (χ4v) is 2.46. The molecule has 0 N–H and O–H groups in total. The van der Waals surface area contributed by atoms with Crippen molar-refractivity contribution in [3.63, 3.8) is 0 Å². The van der Waals surface area contributed by atoms with Gasteiger partial charge >= 0.3 is 0 Å². The van der Waals surface area contributed by atoms with Crippen molar-refractivity contribution in [1.29, 1.82) is 0 Å². The SMILES string of the molecule is COc1ccc2cc(C(=O)C(C)S(C)(=O)=O)ccc2c1. The summed E-state index contributed by atoms with van der Waals surface area (Å²) in [4.78, 5) is 12.2. The highest BCUT2D eigenvalue weighted by atomic mass is 32.2. The monoisotopic (exact) mass is 292 g/mol. The van der Waals surface area contributed by atoms with Crippen LogP contribution in [0.4, 0.5) is 0 Å². The molecule has 1 atom stereocenters. The van der Waals surface area contributed by atoms with E-state index in [9.17, 15) is 13.2 Å². The second kappa shape index (κ2) is 5.25. The molecule has 2 rings (SSSR count). The number of rotatable bonds is 4. The van der Waals surface area contributed by atoms with Crippen LogP contribution < -0.4 is 4.74 Å². The molecule has 0 aromatic heterocycles. The lowest BCUT2D eigenvalue weighted by atomic mass is 10.0. The Kier molecular flexibility index (Phi) is 3.81. The third-order valence-electron chi connectivity index (χ3n) is 3.34. The number of benzene rings is 2. The van der Waals surface area contributed by atoms with E-state index in [1.165, 1.54) is 6.92 Å². The summed E-state index contributed by atoms with van der Waals surface area (Å²) in [6.07, 6.45) is 1.07. The van der Waals surface area contributed by atoms with E-state index in [1.807, 2.05) is 12.1 Å². The van der Waals surface area contributed by atoms with E-state index in [0.717, 1.165) is 22.8 Å². The predicted molar refractivity (Wildman–Crippen MR) is 79.1 cm³/mol. The molecule has 0 spiro atoms. The Morgan fingerprint density at radius 1 is 1.10 bits per heavy atom. The Morgan fingerprint density at radius 2 is 1.70 bits per heavy atom. The summed E-state index contributed by atoms with van der Waals surface area (Å²) in [6.45, 7) is 1.41. The zero-order chi connectivity index (χ0) is 14.9. The smallest absolute Gasteiger partial charge is 0.180 e. The van der Waals surface area contributed by atoms with Gasteiger partial charge < -0.3 is 4.74 Å². The van der Waals surface area contributed by atoms with Crippen molar-refractivity contribution in [3.05, 3.63) is 42.0 Å². The van der Waals surface area contributed by atoms with Gasteiger partial charge in [-0.25, -0.2) is 8.42 Å². The molecule has 5 heteroatoms. The molecule has 0 aliphatic rings. The largest absolute Gasteiger partial charge is 0.497 e. The molecule has 20 heavy (non-hydrogen) atoms. The summed E-state index contributed by atoms with van der Waals surface area (Å²) < 4.78 is 28.0. The van der Waals surface area contributed by atoms with Gasteiger partial charge in [-0.15, -0.1) is 0 Å². The van der Waals surface area contributed by atoms with Crippen molar-refractivity contribution >= 4 is 26.4 Å². The van der Waals surface area contributed by atoms with E-state index in [0.29, 0.717) is 5.56 Å². The highest BCUT2D eigenvalue weighted by molar-refractivity contribution is 7.92. The van der Waals surface area contributed by atoms with Gasteiger partial charge in [0.15, 0.2) is 15.6 Å². The molecule has 4 nitrogen and oxygen atoms in total. The Balaban J connectivity index is 2.44. The number of ketones is 1. The van der Waals surface area contributed by atoms with Crippen LogP contribution in [-0.4, -0.2) is 32.8 Å². The van der Waals surface area contributed by atoms with E-state index in [-0.39, 0.29) is 5.78 Å². The molecule has 0 saturated carbocycles. The molecule has 2 aromatic carbocycles. The number of carbonyl (C=O) groups excluding carboxylic acids is 1. The Bertz CT molecular complexity index is 763. The van der Waals surface area contributed by atoms with Gasteiger partial charge in [-0.1, -0.05) is 18.2 Å². The fraction of sp³-hybridized carbons (Fsp3) is 0.267. The second-order valence-corrected chi connectivity index (χ2v) is 7.13. The minimum atomic E-state index is -3.38. The van der Waals surface area contributed by atoms with Gasteiger partial charge in [0.1, 0.15) is 11.0 Å². The van der Waals surface area contributed by atoms with E-state index in [4.69, 9.17) is 4.74 Å². The minimum Gasteiger partial charge on any atom is -0.497 e. The van der Waals surface area contributed by atoms with Crippen LogP contribution in [-0.2, 0) is 9.84 Å². The summed E-state index contributed by atoms with van der Waals surface area (Å²) in [5.41, 5.74) is 0.403. The number of hydrogen-bond acceptors (Lipinski definition) is 4. The third kappa shape index (κ3) is 2.82. The number of carbonyl (C=O) groups is 1. The summed E-state index contributed by atoms with van der Waals surface area (Å²) >= 11 is 0. The first-order chi connectivity index (χ1) is 9.32. The maximum absolute atomic E-state index is 12.2. The zero-order valence-electron chi connectivity index (χ0n) is 11.6.